The topological polar surface area (TPSA) is 57.1 Å². The minimum atomic E-state index is 0.0810. The number of rotatable bonds is 5. The fourth-order valence-corrected chi connectivity index (χ4v) is 1.61. The van der Waals surface area contributed by atoms with Gasteiger partial charge in [-0.3, -0.25) is 0 Å². The van der Waals surface area contributed by atoms with E-state index in [1.54, 1.807) is 12.3 Å². The van der Waals surface area contributed by atoms with Gasteiger partial charge in [-0.25, -0.2) is 4.98 Å². The van der Waals surface area contributed by atoms with Gasteiger partial charge in [0.25, 0.3) is 0 Å². The zero-order chi connectivity index (χ0) is 13.7. The third-order valence-electron chi connectivity index (χ3n) is 2.32. The van der Waals surface area contributed by atoms with Crippen molar-refractivity contribution in [2.24, 2.45) is 0 Å². The van der Waals surface area contributed by atoms with E-state index in [0.29, 0.717) is 24.1 Å². The van der Waals surface area contributed by atoms with Gasteiger partial charge in [0, 0.05) is 12.3 Å². The summed E-state index contributed by atoms with van der Waals surface area (Å²) in [5.74, 6) is 1.08. The zero-order valence-electron chi connectivity index (χ0n) is 11.3. The van der Waals surface area contributed by atoms with Crippen LogP contribution < -0.4 is 9.47 Å². The van der Waals surface area contributed by atoms with Crippen LogP contribution in [0.25, 0.3) is 11.3 Å². The Kier molecular flexibility index (Phi) is 4.28. The van der Waals surface area contributed by atoms with Crippen LogP contribution in [-0.2, 0) is 0 Å². The Morgan fingerprint density at radius 1 is 1.16 bits per heavy atom. The van der Waals surface area contributed by atoms with Gasteiger partial charge in [-0.1, -0.05) is 0 Å². The first-order valence-corrected chi connectivity index (χ1v) is 6.29. The standard InChI is InChI=1S/C14H17N3O2/c1-4-18-14-11(6-5-9-15-14)12-7-8-13(17-16-12)19-10(2)3/h5-10H,4H2,1-3H3. The highest BCUT2D eigenvalue weighted by molar-refractivity contribution is 5.64. The van der Waals surface area contributed by atoms with E-state index in [1.807, 2.05) is 39.0 Å². The number of aromatic nitrogens is 3. The highest BCUT2D eigenvalue weighted by atomic mass is 16.5. The van der Waals surface area contributed by atoms with Gasteiger partial charge in [-0.15, -0.1) is 10.2 Å². The van der Waals surface area contributed by atoms with Crippen molar-refractivity contribution in [1.29, 1.82) is 0 Å². The predicted octanol–water partition coefficient (Wildman–Crippen LogP) is 2.72. The van der Waals surface area contributed by atoms with Crippen LogP contribution in [0, 0.1) is 0 Å². The zero-order valence-corrected chi connectivity index (χ0v) is 11.3. The van der Waals surface area contributed by atoms with Gasteiger partial charge in [0.05, 0.1) is 24.0 Å². The molecule has 2 rings (SSSR count). The van der Waals surface area contributed by atoms with Crippen molar-refractivity contribution in [2.75, 3.05) is 6.61 Å². The average Bonchev–Trinajstić information content (AvgIpc) is 2.40. The molecule has 2 aromatic rings. The predicted molar refractivity (Wildman–Crippen MR) is 72.2 cm³/mol. The molecule has 100 valence electrons. The highest BCUT2D eigenvalue weighted by Gasteiger charge is 2.09. The van der Waals surface area contributed by atoms with Gasteiger partial charge in [0.1, 0.15) is 0 Å². The van der Waals surface area contributed by atoms with Crippen LogP contribution in [0.2, 0.25) is 0 Å². The molecule has 5 heteroatoms. The van der Waals surface area contributed by atoms with Gasteiger partial charge in [0.2, 0.25) is 11.8 Å². The van der Waals surface area contributed by atoms with Crippen molar-refractivity contribution in [2.45, 2.75) is 26.9 Å². The molecular formula is C14H17N3O2. The quantitative estimate of drug-likeness (QED) is 0.826. The second kappa shape index (κ2) is 6.13. The molecule has 0 saturated heterocycles. The van der Waals surface area contributed by atoms with Crippen LogP contribution >= 0.6 is 0 Å². The molecular weight excluding hydrogens is 242 g/mol. The summed E-state index contributed by atoms with van der Waals surface area (Å²) in [7, 11) is 0. The lowest BCUT2D eigenvalue weighted by Gasteiger charge is -2.09. The third-order valence-corrected chi connectivity index (χ3v) is 2.32. The molecule has 0 N–H and O–H groups in total. The second-order valence-electron chi connectivity index (χ2n) is 4.21. The van der Waals surface area contributed by atoms with E-state index in [4.69, 9.17) is 9.47 Å². The smallest absolute Gasteiger partial charge is 0.233 e. The van der Waals surface area contributed by atoms with Crippen molar-refractivity contribution in [3.05, 3.63) is 30.5 Å². The van der Waals surface area contributed by atoms with Crippen LogP contribution in [0.4, 0.5) is 0 Å². The molecule has 0 radical (unpaired) electrons. The number of nitrogens with zero attached hydrogens (tertiary/aromatic N) is 3. The van der Waals surface area contributed by atoms with Crippen LogP contribution in [0.15, 0.2) is 30.5 Å². The first-order valence-electron chi connectivity index (χ1n) is 6.29. The van der Waals surface area contributed by atoms with Gasteiger partial charge in [-0.2, -0.15) is 0 Å². The van der Waals surface area contributed by atoms with E-state index in [-0.39, 0.29) is 6.10 Å². The van der Waals surface area contributed by atoms with Crippen LogP contribution in [0.1, 0.15) is 20.8 Å². The summed E-state index contributed by atoms with van der Waals surface area (Å²) < 4.78 is 10.9. The van der Waals surface area contributed by atoms with Crippen molar-refractivity contribution in [1.82, 2.24) is 15.2 Å². The van der Waals surface area contributed by atoms with E-state index in [1.165, 1.54) is 0 Å². The highest BCUT2D eigenvalue weighted by Crippen LogP contribution is 2.26. The van der Waals surface area contributed by atoms with Crippen molar-refractivity contribution >= 4 is 0 Å². The van der Waals surface area contributed by atoms with E-state index in [0.717, 1.165) is 5.56 Å². The molecule has 5 nitrogen and oxygen atoms in total. The minimum Gasteiger partial charge on any atom is -0.477 e. The molecule has 0 amide bonds. The molecule has 0 fully saturated rings. The van der Waals surface area contributed by atoms with Gasteiger partial charge < -0.3 is 9.47 Å². The Morgan fingerprint density at radius 2 is 2.00 bits per heavy atom. The number of hydrogen-bond acceptors (Lipinski definition) is 5. The lowest BCUT2D eigenvalue weighted by molar-refractivity contribution is 0.230. The Balaban J connectivity index is 2.27. The summed E-state index contributed by atoms with van der Waals surface area (Å²) in [5.41, 5.74) is 1.54. The molecule has 0 atom stereocenters. The maximum absolute atomic E-state index is 5.48. The molecule has 2 aromatic heterocycles. The molecule has 2 heterocycles. The largest absolute Gasteiger partial charge is 0.477 e. The lowest BCUT2D eigenvalue weighted by Crippen LogP contribution is -2.07. The Bertz CT molecular complexity index is 526. The van der Waals surface area contributed by atoms with Gasteiger partial charge in [0.15, 0.2) is 0 Å². The molecule has 0 saturated carbocycles. The molecule has 0 aliphatic carbocycles. The third kappa shape index (κ3) is 3.40. The van der Waals surface area contributed by atoms with Gasteiger partial charge in [-0.05, 0) is 39.0 Å². The molecule has 0 aliphatic rings. The first kappa shape index (κ1) is 13.3. The fraction of sp³-hybridized carbons (Fsp3) is 0.357. The maximum Gasteiger partial charge on any atom is 0.233 e. The summed E-state index contributed by atoms with van der Waals surface area (Å²) in [6.45, 7) is 6.38. The molecule has 19 heavy (non-hydrogen) atoms. The fourth-order valence-electron chi connectivity index (χ4n) is 1.61. The molecule has 0 bridgehead atoms. The van der Waals surface area contributed by atoms with Crippen molar-refractivity contribution in [3.8, 4) is 23.0 Å². The van der Waals surface area contributed by atoms with Crippen LogP contribution in [0.5, 0.6) is 11.8 Å². The minimum absolute atomic E-state index is 0.0810. The van der Waals surface area contributed by atoms with E-state index < -0.39 is 0 Å². The number of hydrogen-bond donors (Lipinski definition) is 0. The summed E-state index contributed by atoms with van der Waals surface area (Å²) in [5, 5.41) is 8.19. The SMILES string of the molecule is CCOc1ncccc1-c1ccc(OC(C)C)nn1. The molecule has 0 unspecified atom stereocenters. The molecule has 0 aromatic carbocycles. The average molecular weight is 259 g/mol. The molecule has 0 spiro atoms. The second-order valence-corrected chi connectivity index (χ2v) is 4.21. The summed E-state index contributed by atoms with van der Waals surface area (Å²) >= 11 is 0. The summed E-state index contributed by atoms with van der Waals surface area (Å²) in [6.07, 6.45) is 1.77. The maximum atomic E-state index is 5.48. The monoisotopic (exact) mass is 259 g/mol. The number of ether oxygens (including phenoxy) is 2. The van der Waals surface area contributed by atoms with Gasteiger partial charge >= 0.3 is 0 Å². The van der Waals surface area contributed by atoms with Crippen LogP contribution in [-0.4, -0.2) is 27.9 Å². The number of pyridine rings is 1. The summed E-state index contributed by atoms with van der Waals surface area (Å²) in [6, 6.07) is 7.40. The molecule has 0 aliphatic heterocycles. The lowest BCUT2D eigenvalue weighted by atomic mass is 10.2. The van der Waals surface area contributed by atoms with E-state index in [9.17, 15) is 0 Å². The van der Waals surface area contributed by atoms with Crippen LogP contribution in [0.3, 0.4) is 0 Å². The van der Waals surface area contributed by atoms with Crippen molar-refractivity contribution in [3.63, 3.8) is 0 Å². The normalized spacial score (nSPS) is 10.5. The summed E-state index contributed by atoms with van der Waals surface area (Å²) in [4.78, 5) is 4.19. The Hall–Kier alpha value is -2.17. The van der Waals surface area contributed by atoms with Crippen molar-refractivity contribution < 1.29 is 9.47 Å². The van der Waals surface area contributed by atoms with E-state index >= 15 is 0 Å². The Labute approximate surface area is 112 Å². The van der Waals surface area contributed by atoms with E-state index in [2.05, 4.69) is 15.2 Å². The first-order chi connectivity index (χ1) is 9.20. The Morgan fingerprint density at radius 3 is 2.63 bits per heavy atom.